The molecule has 2 aromatic rings. The van der Waals surface area contributed by atoms with Gasteiger partial charge in [-0.2, -0.15) is 0 Å². The summed E-state index contributed by atoms with van der Waals surface area (Å²) in [6, 6.07) is 17.0. The molecule has 28 heavy (non-hydrogen) atoms. The number of anilines is 1. The molecule has 1 aliphatic heterocycles. The summed E-state index contributed by atoms with van der Waals surface area (Å²) in [5.41, 5.74) is 1.18. The molecule has 0 unspecified atom stereocenters. The minimum atomic E-state index is -1.17. The maximum absolute atomic E-state index is 13.5. The van der Waals surface area contributed by atoms with Gasteiger partial charge < -0.3 is 10.1 Å². The van der Waals surface area contributed by atoms with E-state index in [4.69, 9.17) is 4.74 Å². The second-order valence-corrected chi connectivity index (χ2v) is 7.52. The Hall–Kier alpha value is -2.95. The highest BCUT2D eigenvalue weighted by Gasteiger charge is 2.65. The first kappa shape index (κ1) is 18.4. The lowest BCUT2D eigenvalue weighted by molar-refractivity contribution is -0.161. The van der Waals surface area contributed by atoms with Crippen LogP contribution in [0.25, 0.3) is 0 Å². The quantitative estimate of drug-likeness (QED) is 0.832. The van der Waals surface area contributed by atoms with Crippen LogP contribution < -0.4 is 5.32 Å². The lowest BCUT2D eigenvalue weighted by atomic mass is 9.52. The molecule has 0 saturated heterocycles. The van der Waals surface area contributed by atoms with Crippen molar-refractivity contribution in [1.29, 1.82) is 0 Å². The van der Waals surface area contributed by atoms with Gasteiger partial charge in [0.25, 0.3) is 0 Å². The summed E-state index contributed by atoms with van der Waals surface area (Å²) in [5.74, 6) is -2.65. The van der Waals surface area contributed by atoms with E-state index in [0.29, 0.717) is 5.69 Å². The van der Waals surface area contributed by atoms with Crippen LogP contribution in [0.4, 0.5) is 5.69 Å². The van der Waals surface area contributed by atoms with Gasteiger partial charge in [-0.25, -0.2) is 0 Å². The summed E-state index contributed by atoms with van der Waals surface area (Å²) in [6.45, 7) is 3.67. The van der Waals surface area contributed by atoms with Gasteiger partial charge in [-0.15, -0.1) is 0 Å². The molecule has 5 nitrogen and oxygen atoms in total. The molecule has 4 atom stereocenters. The van der Waals surface area contributed by atoms with Crippen LogP contribution in [0.3, 0.4) is 0 Å². The SMILES string of the molecule is CCOC(=O)[C@@H]1[C@H](C)C(=O)C[C@@H](c2ccccc2)[C@@]12C(=O)Nc1ccccc12. The summed E-state index contributed by atoms with van der Waals surface area (Å²) in [7, 11) is 0. The van der Waals surface area contributed by atoms with Gasteiger partial charge in [0.2, 0.25) is 5.91 Å². The molecule has 144 valence electrons. The van der Waals surface area contributed by atoms with Crippen molar-refractivity contribution in [1.82, 2.24) is 0 Å². The zero-order valence-corrected chi connectivity index (χ0v) is 16.0. The molecule has 2 aliphatic rings. The Balaban J connectivity index is 2.00. The Labute approximate surface area is 164 Å². The number of carbonyl (C=O) groups is 3. The fourth-order valence-corrected chi connectivity index (χ4v) is 4.99. The van der Waals surface area contributed by atoms with Gasteiger partial charge in [-0.1, -0.05) is 55.5 Å². The largest absolute Gasteiger partial charge is 0.466 e. The molecule has 1 spiro atoms. The molecule has 0 aromatic heterocycles. The first-order chi connectivity index (χ1) is 13.5. The Morgan fingerprint density at radius 2 is 1.79 bits per heavy atom. The normalized spacial score (nSPS) is 28.7. The van der Waals surface area contributed by atoms with Gasteiger partial charge in [0.05, 0.1) is 17.9 Å². The minimum absolute atomic E-state index is 0.0188. The molecule has 4 rings (SSSR count). The molecule has 5 heteroatoms. The van der Waals surface area contributed by atoms with Gasteiger partial charge in [0, 0.05) is 23.9 Å². The summed E-state index contributed by atoms with van der Waals surface area (Å²) in [6.07, 6.45) is 0.211. The molecule has 0 radical (unpaired) electrons. The number of nitrogens with one attached hydrogen (secondary N) is 1. The van der Waals surface area contributed by atoms with Crippen LogP contribution in [-0.4, -0.2) is 24.3 Å². The van der Waals surface area contributed by atoms with Gasteiger partial charge in [0.1, 0.15) is 5.78 Å². The fraction of sp³-hybridized carbons (Fsp3) is 0.348. The van der Waals surface area contributed by atoms with Crippen molar-refractivity contribution >= 4 is 23.3 Å². The number of ether oxygens (including phenoxy) is 1. The summed E-state index contributed by atoms with van der Waals surface area (Å²) >= 11 is 0. The Bertz CT molecular complexity index is 939. The van der Waals surface area contributed by atoms with Crippen LogP contribution in [0.15, 0.2) is 54.6 Å². The Morgan fingerprint density at radius 3 is 2.50 bits per heavy atom. The van der Waals surface area contributed by atoms with Gasteiger partial charge >= 0.3 is 5.97 Å². The second-order valence-electron chi connectivity index (χ2n) is 7.52. The molecular weight excluding hydrogens is 354 g/mol. The average Bonchev–Trinajstić information content (AvgIpc) is 2.98. The molecule has 1 aliphatic carbocycles. The second kappa shape index (κ2) is 6.89. The zero-order chi connectivity index (χ0) is 19.9. The van der Waals surface area contributed by atoms with Crippen molar-refractivity contribution < 1.29 is 19.1 Å². The van der Waals surface area contributed by atoms with E-state index in [9.17, 15) is 14.4 Å². The van der Waals surface area contributed by atoms with Crippen molar-refractivity contribution in [3.63, 3.8) is 0 Å². The van der Waals surface area contributed by atoms with Crippen molar-refractivity contribution in [3.8, 4) is 0 Å². The van der Waals surface area contributed by atoms with Crippen molar-refractivity contribution in [2.75, 3.05) is 11.9 Å². The lowest BCUT2D eigenvalue weighted by Crippen LogP contribution is -2.57. The van der Waals surface area contributed by atoms with Gasteiger partial charge in [-0.05, 0) is 24.1 Å². The number of carbonyl (C=O) groups excluding carboxylic acids is 3. The number of Topliss-reactive ketones (excluding diaryl/α,β-unsaturated/α-hetero) is 1. The van der Waals surface area contributed by atoms with Crippen molar-refractivity contribution in [2.45, 2.75) is 31.6 Å². The van der Waals surface area contributed by atoms with E-state index < -0.39 is 29.1 Å². The molecule has 1 fully saturated rings. The first-order valence-electron chi connectivity index (χ1n) is 9.67. The van der Waals surface area contributed by atoms with Crippen LogP contribution in [0, 0.1) is 11.8 Å². The predicted molar refractivity (Wildman–Crippen MR) is 105 cm³/mol. The van der Waals surface area contributed by atoms with Gasteiger partial charge in [-0.3, -0.25) is 14.4 Å². The van der Waals surface area contributed by atoms with E-state index in [1.165, 1.54) is 0 Å². The first-order valence-corrected chi connectivity index (χ1v) is 9.67. The molecular formula is C23H23NO4. The Kier molecular flexibility index (Phi) is 4.53. The number of amides is 1. The van der Waals surface area contributed by atoms with Crippen LogP contribution in [0.2, 0.25) is 0 Å². The van der Waals surface area contributed by atoms with Crippen LogP contribution in [0.5, 0.6) is 0 Å². The summed E-state index contributed by atoms with van der Waals surface area (Å²) in [5, 5.41) is 2.96. The number of hydrogen-bond donors (Lipinski definition) is 1. The maximum atomic E-state index is 13.5. The molecule has 2 aromatic carbocycles. The molecule has 1 amide bonds. The van der Waals surface area contributed by atoms with Crippen LogP contribution in [0.1, 0.15) is 37.3 Å². The Morgan fingerprint density at radius 1 is 1.11 bits per heavy atom. The predicted octanol–water partition coefficient (Wildman–Crippen LogP) is 3.45. The highest BCUT2D eigenvalue weighted by Crippen LogP contribution is 2.58. The van der Waals surface area contributed by atoms with Crippen molar-refractivity contribution in [2.24, 2.45) is 11.8 Å². The number of ketones is 1. The number of benzene rings is 2. The van der Waals surface area contributed by atoms with Gasteiger partial charge in [0.15, 0.2) is 0 Å². The number of fused-ring (bicyclic) bond motifs is 2. The molecule has 1 heterocycles. The van der Waals surface area contributed by atoms with E-state index in [-0.39, 0.29) is 24.7 Å². The topological polar surface area (TPSA) is 72.5 Å². The maximum Gasteiger partial charge on any atom is 0.311 e. The third-order valence-electron chi connectivity index (χ3n) is 6.19. The minimum Gasteiger partial charge on any atom is -0.466 e. The van der Waals surface area contributed by atoms with Crippen LogP contribution in [-0.2, 0) is 24.5 Å². The average molecular weight is 377 g/mol. The monoisotopic (exact) mass is 377 g/mol. The third kappa shape index (κ3) is 2.49. The molecule has 1 N–H and O–H groups in total. The molecule has 1 saturated carbocycles. The van der Waals surface area contributed by atoms with E-state index in [1.807, 2.05) is 54.6 Å². The number of rotatable bonds is 3. The third-order valence-corrected chi connectivity index (χ3v) is 6.19. The highest BCUT2D eigenvalue weighted by atomic mass is 16.5. The zero-order valence-electron chi connectivity index (χ0n) is 16.0. The van der Waals surface area contributed by atoms with E-state index in [2.05, 4.69) is 5.32 Å². The lowest BCUT2D eigenvalue weighted by Gasteiger charge is -2.47. The standard InChI is InChI=1S/C23H23NO4/c1-3-28-21(26)20-14(2)19(25)13-17(15-9-5-4-6-10-15)23(20)16-11-7-8-12-18(16)24-22(23)27/h4-12,14,17,20H,3,13H2,1-2H3,(H,24,27)/t14-,17+,20+,23-/m1/s1. The highest BCUT2D eigenvalue weighted by molar-refractivity contribution is 6.11. The smallest absolute Gasteiger partial charge is 0.311 e. The van der Waals surface area contributed by atoms with Crippen LogP contribution >= 0.6 is 0 Å². The number of hydrogen-bond acceptors (Lipinski definition) is 4. The van der Waals surface area contributed by atoms with Crippen molar-refractivity contribution in [3.05, 3.63) is 65.7 Å². The van der Waals surface area contributed by atoms with E-state index in [0.717, 1.165) is 11.1 Å². The number of esters is 1. The van der Waals surface area contributed by atoms with E-state index >= 15 is 0 Å². The molecule has 0 bridgehead atoms. The fourth-order valence-electron chi connectivity index (χ4n) is 4.99. The summed E-state index contributed by atoms with van der Waals surface area (Å²) in [4.78, 5) is 39.5. The van der Waals surface area contributed by atoms with E-state index in [1.54, 1.807) is 13.8 Å². The number of para-hydroxylation sites is 1. The summed E-state index contributed by atoms with van der Waals surface area (Å²) < 4.78 is 5.36.